The fraction of sp³-hybridized carbons (Fsp3) is 0.600. The highest BCUT2D eigenvalue weighted by Crippen LogP contribution is 2.21. The van der Waals surface area contributed by atoms with Gasteiger partial charge in [-0.1, -0.05) is 23.7 Å². The molecule has 1 aliphatic rings. The zero-order valence-electron chi connectivity index (χ0n) is 12.6. The first kappa shape index (κ1) is 15.7. The van der Waals surface area contributed by atoms with Crippen molar-refractivity contribution >= 4 is 11.6 Å². The quantitative estimate of drug-likeness (QED) is 0.649. The number of nitrogens with two attached hydrogens (primary N) is 1. The van der Waals surface area contributed by atoms with Crippen LogP contribution in [-0.4, -0.2) is 55.6 Å². The molecule has 1 saturated heterocycles. The van der Waals surface area contributed by atoms with Crippen LogP contribution in [0.2, 0.25) is 5.02 Å². The van der Waals surface area contributed by atoms with Crippen LogP contribution < -0.4 is 11.3 Å². The number of hydrazine groups is 1. The van der Waals surface area contributed by atoms with E-state index in [1.807, 2.05) is 6.07 Å². The van der Waals surface area contributed by atoms with Gasteiger partial charge >= 0.3 is 0 Å². The van der Waals surface area contributed by atoms with Crippen LogP contribution in [0.15, 0.2) is 18.2 Å². The number of hydrogen-bond donors (Lipinski definition) is 2. The van der Waals surface area contributed by atoms with Gasteiger partial charge in [0.25, 0.3) is 0 Å². The van der Waals surface area contributed by atoms with Crippen LogP contribution in [0.4, 0.5) is 0 Å². The average Bonchev–Trinajstić information content (AvgIpc) is 2.41. The highest BCUT2D eigenvalue weighted by atomic mass is 35.5. The molecule has 0 amide bonds. The second-order valence-electron chi connectivity index (χ2n) is 5.88. The second kappa shape index (κ2) is 6.87. The van der Waals surface area contributed by atoms with Crippen LogP contribution in [0, 0.1) is 6.92 Å². The topological polar surface area (TPSA) is 44.5 Å². The molecule has 0 bridgehead atoms. The molecule has 3 N–H and O–H groups in total. The van der Waals surface area contributed by atoms with Gasteiger partial charge in [0.2, 0.25) is 0 Å². The second-order valence-corrected chi connectivity index (χ2v) is 6.29. The Kier molecular flexibility index (Phi) is 5.41. The van der Waals surface area contributed by atoms with Crippen LogP contribution >= 0.6 is 11.6 Å². The Morgan fingerprint density at radius 1 is 1.40 bits per heavy atom. The van der Waals surface area contributed by atoms with E-state index in [-0.39, 0.29) is 6.04 Å². The van der Waals surface area contributed by atoms with E-state index in [4.69, 9.17) is 17.4 Å². The summed E-state index contributed by atoms with van der Waals surface area (Å²) in [6.45, 7) is 5.25. The minimum absolute atomic E-state index is 0.197. The minimum Gasteiger partial charge on any atom is -0.303 e. The molecule has 2 atom stereocenters. The van der Waals surface area contributed by atoms with Crippen LogP contribution in [0.1, 0.15) is 11.1 Å². The number of nitrogens with one attached hydrogen (secondary N) is 1. The third-order valence-corrected chi connectivity index (χ3v) is 4.58. The Morgan fingerprint density at radius 3 is 2.80 bits per heavy atom. The summed E-state index contributed by atoms with van der Waals surface area (Å²) in [6.07, 6.45) is 0.846. The van der Waals surface area contributed by atoms with E-state index in [2.05, 4.69) is 48.4 Å². The maximum absolute atomic E-state index is 6.34. The lowest BCUT2D eigenvalue weighted by Gasteiger charge is -2.41. The molecule has 0 spiro atoms. The van der Waals surface area contributed by atoms with E-state index < -0.39 is 0 Å². The molecule has 2 unspecified atom stereocenters. The van der Waals surface area contributed by atoms with Crippen molar-refractivity contribution in [1.29, 1.82) is 0 Å². The molecule has 1 fully saturated rings. The monoisotopic (exact) mass is 296 g/mol. The van der Waals surface area contributed by atoms with Gasteiger partial charge in [0.05, 0.1) is 0 Å². The van der Waals surface area contributed by atoms with E-state index >= 15 is 0 Å². The first-order chi connectivity index (χ1) is 9.51. The molecular formula is C15H25ClN4. The summed E-state index contributed by atoms with van der Waals surface area (Å²) in [6, 6.07) is 6.82. The Balaban J connectivity index is 2.11. The highest BCUT2D eigenvalue weighted by molar-refractivity contribution is 6.31. The number of rotatable bonds is 4. The van der Waals surface area contributed by atoms with Gasteiger partial charge in [-0.15, -0.1) is 0 Å². The average molecular weight is 297 g/mol. The van der Waals surface area contributed by atoms with Crippen molar-refractivity contribution in [3.8, 4) is 0 Å². The molecule has 5 heteroatoms. The normalized spacial score (nSPS) is 22.9. The van der Waals surface area contributed by atoms with E-state index in [9.17, 15) is 0 Å². The smallest absolute Gasteiger partial charge is 0.0441 e. The molecule has 20 heavy (non-hydrogen) atoms. The van der Waals surface area contributed by atoms with Gasteiger partial charge in [-0.3, -0.25) is 16.2 Å². The summed E-state index contributed by atoms with van der Waals surface area (Å²) >= 11 is 6.34. The molecular weight excluding hydrogens is 272 g/mol. The molecule has 112 valence electrons. The van der Waals surface area contributed by atoms with Gasteiger partial charge in [-0.25, -0.2) is 0 Å². The number of aryl methyl sites for hydroxylation is 1. The molecule has 0 aliphatic carbocycles. The number of hydrogen-bond acceptors (Lipinski definition) is 4. The minimum atomic E-state index is 0.197. The first-order valence-corrected chi connectivity index (χ1v) is 7.49. The summed E-state index contributed by atoms with van der Waals surface area (Å²) in [7, 11) is 4.32. The van der Waals surface area contributed by atoms with E-state index in [1.165, 1.54) is 5.56 Å². The molecule has 0 aromatic heterocycles. The lowest BCUT2D eigenvalue weighted by molar-refractivity contribution is 0.0877. The van der Waals surface area contributed by atoms with Crippen molar-refractivity contribution in [3.63, 3.8) is 0 Å². The summed E-state index contributed by atoms with van der Waals surface area (Å²) in [5.41, 5.74) is 5.33. The van der Waals surface area contributed by atoms with Gasteiger partial charge in [0, 0.05) is 36.7 Å². The van der Waals surface area contributed by atoms with Crippen molar-refractivity contribution < 1.29 is 0 Å². The van der Waals surface area contributed by atoms with Gasteiger partial charge in [-0.2, -0.15) is 0 Å². The largest absolute Gasteiger partial charge is 0.303 e. The molecule has 1 aromatic carbocycles. The maximum Gasteiger partial charge on any atom is 0.0441 e. The third kappa shape index (κ3) is 3.71. The standard InChI is InChI=1S/C15H25ClN4/c1-11-4-5-12(13(16)8-11)9-14(18-17)15-10-19(2)6-7-20(15)3/h4-5,8,14-15,18H,6-7,9-10,17H2,1-3H3. The van der Waals surface area contributed by atoms with E-state index in [0.717, 1.165) is 36.6 Å². The lowest BCUT2D eigenvalue weighted by Crippen LogP contribution is -2.60. The summed E-state index contributed by atoms with van der Waals surface area (Å²) in [5, 5.41) is 0.831. The van der Waals surface area contributed by atoms with Gasteiger partial charge in [0.1, 0.15) is 0 Å². The Labute approximate surface area is 126 Å². The third-order valence-electron chi connectivity index (χ3n) is 4.23. The predicted molar refractivity (Wildman–Crippen MR) is 84.9 cm³/mol. The number of benzene rings is 1. The van der Waals surface area contributed by atoms with Crippen LogP contribution in [0.25, 0.3) is 0 Å². The summed E-state index contributed by atoms with van der Waals surface area (Å²) in [5.74, 6) is 5.80. The van der Waals surface area contributed by atoms with Crippen LogP contribution in [-0.2, 0) is 6.42 Å². The Morgan fingerprint density at radius 2 is 2.15 bits per heavy atom. The lowest BCUT2D eigenvalue weighted by atomic mass is 9.96. The fourth-order valence-corrected chi connectivity index (χ4v) is 3.15. The molecule has 1 heterocycles. The predicted octanol–water partition coefficient (Wildman–Crippen LogP) is 1.27. The number of likely N-dealkylation sites (N-methyl/N-ethyl adjacent to an activating group) is 2. The van der Waals surface area contributed by atoms with Gasteiger partial charge in [0.15, 0.2) is 0 Å². The zero-order chi connectivity index (χ0) is 14.7. The highest BCUT2D eigenvalue weighted by Gasteiger charge is 2.29. The number of nitrogens with zero attached hydrogens (tertiary/aromatic N) is 2. The van der Waals surface area contributed by atoms with Crippen molar-refractivity contribution in [3.05, 3.63) is 34.3 Å². The Bertz CT molecular complexity index is 451. The SMILES string of the molecule is Cc1ccc(CC(NN)C2CN(C)CCN2C)c(Cl)c1. The molecule has 1 aliphatic heterocycles. The summed E-state index contributed by atoms with van der Waals surface area (Å²) in [4.78, 5) is 4.73. The van der Waals surface area contributed by atoms with Crippen molar-refractivity contribution in [2.45, 2.75) is 25.4 Å². The van der Waals surface area contributed by atoms with Gasteiger partial charge in [-0.05, 0) is 44.6 Å². The zero-order valence-corrected chi connectivity index (χ0v) is 13.3. The van der Waals surface area contributed by atoms with E-state index in [0.29, 0.717) is 6.04 Å². The molecule has 2 rings (SSSR count). The Hall–Kier alpha value is -0.650. The molecule has 4 nitrogen and oxygen atoms in total. The molecule has 0 saturated carbocycles. The summed E-state index contributed by atoms with van der Waals surface area (Å²) < 4.78 is 0. The van der Waals surface area contributed by atoms with Crippen LogP contribution in [0.5, 0.6) is 0 Å². The maximum atomic E-state index is 6.34. The molecule has 0 radical (unpaired) electrons. The van der Waals surface area contributed by atoms with Gasteiger partial charge < -0.3 is 4.90 Å². The molecule has 1 aromatic rings. The number of piperazine rings is 1. The van der Waals surface area contributed by atoms with Crippen molar-refractivity contribution in [2.75, 3.05) is 33.7 Å². The van der Waals surface area contributed by atoms with Crippen molar-refractivity contribution in [1.82, 2.24) is 15.2 Å². The van der Waals surface area contributed by atoms with Crippen LogP contribution in [0.3, 0.4) is 0 Å². The van der Waals surface area contributed by atoms with Crippen molar-refractivity contribution in [2.24, 2.45) is 5.84 Å². The number of halogens is 1. The fourth-order valence-electron chi connectivity index (χ4n) is 2.84. The first-order valence-electron chi connectivity index (χ1n) is 7.11. The van der Waals surface area contributed by atoms with E-state index in [1.54, 1.807) is 0 Å².